The number of rotatable bonds is 9. The number of nitrogens with zero attached hydrogens (tertiary/aromatic N) is 2. The Morgan fingerprint density at radius 3 is 2.41 bits per heavy atom. The lowest BCUT2D eigenvalue weighted by molar-refractivity contribution is -0.132. The standard InChI is InChI=1S/C33H30FN3O2/c34-28-13-9-23(10-14-28)21-36(18-17-27-20-35-31-8-4-3-7-30(27)31)32(38)22-37(29-15-16-29)33(39)26-12-11-24-5-1-2-6-25(24)19-26/h1-14,19-20,29,35H,15-18,21-22H2. The van der Waals surface area contributed by atoms with Crippen molar-refractivity contribution in [2.45, 2.75) is 31.8 Å². The third kappa shape index (κ3) is 5.55. The van der Waals surface area contributed by atoms with Crippen molar-refractivity contribution >= 4 is 33.5 Å². The Morgan fingerprint density at radius 1 is 0.872 bits per heavy atom. The van der Waals surface area contributed by atoms with Crippen molar-refractivity contribution < 1.29 is 14.0 Å². The molecule has 2 amide bonds. The minimum atomic E-state index is -0.309. The first-order valence-electron chi connectivity index (χ1n) is 13.4. The summed E-state index contributed by atoms with van der Waals surface area (Å²) in [5, 5.41) is 3.21. The number of carbonyl (C=O) groups is 2. The van der Waals surface area contributed by atoms with Gasteiger partial charge >= 0.3 is 0 Å². The molecule has 1 aromatic heterocycles. The summed E-state index contributed by atoms with van der Waals surface area (Å²) >= 11 is 0. The first-order chi connectivity index (χ1) is 19.0. The number of para-hydroxylation sites is 1. The summed E-state index contributed by atoms with van der Waals surface area (Å²) in [6.07, 6.45) is 4.46. The smallest absolute Gasteiger partial charge is 0.254 e. The molecule has 1 heterocycles. The molecule has 1 N–H and O–H groups in total. The average molecular weight is 520 g/mol. The van der Waals surface area contributed by atoms with E-state index in [-0.39, 0.29) is 30.2 Å². The molecular formula is C33H30FN3O2. The zero-order valence-electron chi connectivity index (χ0n) is 21.6. The lowest BCUT2D eigenvalue weighted by atomic mass is 10.1. The van der Waals surface area contributed by atoms with Crippen molar-refractivity contribution in [3.63, 3.8) is 0 Å². The van der Waals surface area contributed by atoms with Crippen molar-refractivity contribution in [1.82, 2.24) is 14.8 Å². The van der Waals surface area contributed by atoms with Crippen LogP contribution in [0.15, 0.2) is 97.2 Å². The molecule has 1 aliphatic rings. The molecule has 0 saturated heterocycles. The Hall–Kier alpha value is -4.45. The summed E-state index contributed by atoms with van der Waals surface area (Å²) in [7, 11) is 0. The van der Waals surface area contributed by atoms with Crippen LogP contribution in [0.1, 0.15) is 34.3 Å². The minimum Gasteiger partial charge on any atom is -0.361 e. The van der Waals surface area contributed by atoms with E-state index in [2.05, 4.69) is 11.1 Å². The quantitative estimate of drug-likeness (QED) is 0.247. The molecule has 0 bridgehead atoms. The first-order valence-corrected chi connectivity index (χ1v) is 13.4. The van der Waals surface area contributed by atoms with Crippen LogP contribution in [0, 0.1) is 5.82 Å². The summed E-state index contributed by atoms with van der Waals surface area (Å²) in [6.45, 7) is 0.857. The Labute approximate surface area is 226 Å². The number of carbonyl (C=O) groups excluding carboxylic acids is 2. The van der Waals surface area contributed by atoms with Crippen LogP contribution >= 0.6 is 0 Å². The van der Waals surface area contributed by atoms with Gasteiger partial charge in [-0.1, -0.05) is 60.7 Å². The van der Waals surface area contributed by atoms with Gasteiger partial charge in [-0.3, -0.25) is 9.59 Å². The average Bonchev–Trinajstić information content (AvgIpc) is 3.73. The number of nitrogens with one attached hydrogen (secondary N) is 1. The van der Waals surface area contributed by atoms with E-state index in [1.165, 1.54) is 12.1 Å². The fourth-order valence-electron chi connectivity index (χ4n) is 5.18. The second kappa shape index (κ2) is 10.7. The second-order valence-corrected chi connectivity index (χ2v) is 10.3. The van der Waals surface area contributed by atoms with Gasteiger partial charge in [0.15, 0.2) is 0 Å². The van der Waals surface area contributed by atoms with Crippen LogP contribution in [-0.2, 0) is 17.8 Å². The summed E-state index contributed by atoms with van der Waals surface area (Å²) in [5.41, 5.74) is 3.64. The van der Waals surface area contributed by atoms with Gasteiger partial charge in [-0.25, -0.2) is 4.39 Å². The van der Waals surface area contributed by atoms with Crippen LogP contribution in [0.4, 0.5) is 4.39 Å². The van der Waals surface area contributed by atoms with Crippen LogP contribution in [0.5, 0.6) is 0 Å². The number of H-pyrrole nitrogens is 1. The number of benzene rings is 4. The number of aromatic nitrogens is 1. The molecule has 1 fully saturated rings. The Bertz CT molecular complexity index is 1640. The van der Waals surface area contributed by atoms with Gasteiger partial charge in [0.2, 0.25) is 5.91 Å². The molecule has 0 spiro atoms. The van der Waals surface area contributed by atoms with E-state index < -0.39 is 0 Å². The number of hydrogen-bond acceptors (Lipinski definition) is 2. The van der Waals surface area contributed by atoms with Gasteiger partial charge in [0.1, 0.15) is 12.4 Å². The van der Waals surface area contributed by atoms with Crippen molar-refractivity contribution in [2.75, 3.05) is 13.1 Å². The maximum atomic E-state index is 13.8. The van der Waals surface area contributed by atoms with E-state index >= 15 is 0 Å². The van der Waals surface area contributed by atoms with Gasteiger partial charge in [0.05, 0.1) is 0 Å². The third-order valence-corrected chi connectivity index (χ3v) is 7.52. The number of halogens is 1. The van der Waals surface area contributed by atoms with Gasteiger partial charge in [-0.15, -0.1) is 0 Å². The maximum Gasteiger partial charge on any atom is 0.254 e. The zero-order chi connectivity index (χ0) is 26.8. The van der Waals surface area contributed by atoms with Crippen molar-refractivity contribution in [3.05, 3.63) is 120 Å². The van der Waals surface area contributed by atoms with Crippen molar-refractivity contribution in [3.8, 4) is 0 Å². The van der Waals surface area contributed by atoms with Crippen molar-refractivity contribution in [2.24, 2.45) is 0 Å². The molecule has 0 atom stereocenters. The SMILES string of the molecule is O=C(CN(C(=O)c1ccc2ccccc2c1)C1CC1)N(CCc1c[nH]c2ccccc12)Cc1ccc(F)cc1. The van der Waals surface area contributed by atoms with Gasteiger partial charge in [0.25, 0.3) is 5.91 Å². The highest BCUT2D eigenvalue weighted by Crippen LogP contribution is 2.29. The number of amides is 2. The summed E-state index contributed by atoms with van der Waals surface area (Å²) in [6, 6.07) is 28.1. The van der Waals surface area contributed by atoms with Gasteiger partial charge in [-0.05, 0) is 71.5 Å². The molecule has 0 radical (unpaired) electrons. The molecule has 5 nitrogen and oxygen atoms in total. The lowest BCUT2D eigenvalue weighted by Crippen LogP contribution is -2.44. The fourth-order valence-corrected chi connectivity index (χ4v) is 5.18. The van der Waals surface area contributed by atoms with Gasteiger partial charge in [-0.2, -0.15) is 0 Å². The normalized spacial score (nSPS) is 13.1. The molecule has 0 unspecified atom stereocenters. The molecule has 6 heteroatoms. The van der Waals surface area contributed by atoms with Crippen LogP contribution in [-0.4, -0.2) is 45.7 Å². The summed E-state index contributed by atoms with van der Waals surface area (Å²) < 4.78 is 13.6. The Morgan fingerprint density at radius 2 is 1.62 bits per heavy atom. The monoisotopic (exact) mass is 519 g/mol. The molecular weight excluding hydrogens is 489 g/mol. The summed E-state index contributed by atoms with van der Waals surface area (Å²) in [5.74, 6) is -0.536. The lowest BCUT2D eigenvalue weighted by Gasteiger charge is -2.28. The molecule has 39 heavy (non-hydrogen) atoms. The van der Waals surface area contributed by atoms with Crippen LogP contribution in [0.2, 0.25) is 0 Å². The second-order valence-electron chi connectivity index (χ2n) is 10.3. The zero-order valence-corrected chi connectivity index (χ0v) is 21.6. The fraction of sp³-hybridized carbons (Fsp3) is 0.212. The topological polar surface area (TPSA) is 56.4 Å². The minimum absolute atomic E-state index is 0.0193. The predicted molar refractivity (Wildman–Crippen MR) is 152 cm³/mol. The molecule has 5 aromatic rings. The molecule has 1 aliphatic carbocycles. The molecule has 196 valence electrons. The Balaban J connectivity index is 1.23. The summed E-state index contributed by atoms with van der Waals surface area (Å²) in [4.78, 5) is 34.2. The van der Waals surface area contributed by atoms with Crippen LogP contribution < -0.4 is 0 Å². The molecule has 6 rings (SSSR count). The van der Waals surface area contributed by atoms with E-state index in [0.717, 1.165) is 45.6 Å². The predicted octanol–water partition coefficient (Wildman–Crippen LogP) is 6.34. The van der Waals surface area contributed by atoms with E-state index in [4.69, 9.17) is 0 Å². The van der Waals surface area contributed by atoms with E-state index in [1.54, 1.807) is 21.9 Å². The van der Waals surface area contributed by atoms with Gasteiger partial charge in [0, 0.05) is 41.8 Å². The highest BCUT2D eigenvalue weighted by molar-refractivity contribution is 6.00. The first kappa shape index (κ1) is 24.9. The van der Waals surface area contributed by atoms with E-state index in [1.807, 2.05) is 66.9 Å². The molecule has 0 aliphatic heterocycles. The van der Waals surface area contributed by atoms with Crippen molar-refractivity contribution in [1.29, 1.82) is 0 Å². The number of fused-ring (bicyclic) bond motifs is 2. The van der Waals surface area contributed by atoms with Crippen LogP contribution in [0.3, 0.4) is 0 Å². The van der Waals surface area contributed by atoms with E-state index in [9.17, 15) is 14.0 Å². The largest absolute Gasteiger partial charge is 0.361 e. The maximum absolute atomic E-state index is 13.8. The highest BCUT2D eigenvalue weighted by Gasteiger charge is 2.35. The number of aromatic amines is 1. The number of hydrogen-bond donors (Lipinski definition) is 1. The van der Waals surface area contributed by atoms with Crippen LogP contribution in [0.25, 0.3) is 21.7 Å². The molecule has 1 saturated carbocycles. The third-order valence-electron chi connectivity index (χ3n) is 7.52. The molecule has 4 aromatic carbocycles. The van der Waals surface area contributed by atoms with Gasteiger partial charge < -0.3 is 14.8 Å². The highest BCUT2D eigenvalue weighted by atomic mass is 19.1. The van der Waals surface area contributed by atoms with E-state index in [0.29, 0.717) is 25.1 Å². The Kier molecular flexibility index (Phi) is 6.84.